The number of methoxy groups -OCH3 is 1. The molecule has 0 aliphatic carbocycles. The molecule has 166 valence electrons. The van der Waals surface area contributed by atoms with Crippen molar-refractivity contribution in [1.82, 2.24) is 0 Å². The Morgan fingerprint density at radius 1 is 1.10 bits per heavy atom. The molecule has 1 aliphatic rings. The zero-order chi connectivity index (χ0) is 22.7. The number of amides is 1. The highest BCUT2D eigenvalue weighted by molar-refractivity contribution is 6.30. The molecule has 5 nitrogen and oxygen atoms in total. The Balaban J connectivity index is 1.99. The number of nitrogens with two attached hydrogens (primary N) is 1. The molecule has 2 aromatic rings. The number of esters is 1. The SMILES string of the molecule is COC(=O)c1ccc(C(C(N)=O)C(C)c2cc(Cl)ccc2N2C[C@H](C)C[C@H](C)C2)cc1. The van der Waals surface area contributed by atoms with Crippen LogP contribution in [0.4, 0.5) is 5.69 Å². The number of piperidine rings is 1. The Morgan fingerprint density at radius 3 is 2.26 bits per heavy atom. The molecule has 2 unspecified atom stereocenters. The molecule has 1 fully saturated rings. The molecule has 1 heterocycles. The van der Waals surface area contributed by atoms with E-state index in [0.29, 0.717) is 22.4 Å². The number of anilines is 1. The third-order valence-electron chi connectivity index (χ3n) is 6.19. The second-order valence-corrected chi connectivity index (χ2v) is 9.27. The number of primary amides is 1. The molecule has 2 aromatic carbocycles. The van der Waals surface area contributed by atoms with Crippen molar-refractivity contribution in [2.45, 2.75) is 39.0 Å². The average molecular weight is 443 g/mol. The van der Waals surface area contributed by atoms with Crippen LogP contribution in [-0.4, -0.2) is 32.1 Å². The first-order valence-electron chi connectivity index (χ1n) is 10.7. The molecule has 1 amide bonds. The molecule has 6 heteroatoms. The molecular weight excluding hydrogens is 412 g/mol. The highest BCUT2D eigenvalue weighted by Gasteiger charge is 2.31. The number of halogens is 1. The maximum atomic E-state index is 12.6. The zero-order valence-electron chi connectivity index (χ0n) is 18.6. The van der Waals surface area contributed by atoms with Crippen molar-refractivity contribution in [1.29, 1.82) is 0 Å². The summed E-state index contributed by atoms with van der Waals surface area (Å²) in [5.74, 6) is -0.377. The fraction of sp³-hybridized carbons (Fsp3) is 0.440. The lowest BCUT2D eigenvalue weighted by Gasteiger charge is -2.39. The van der Waals surface area contributed by atoms with Gasteiger partial charge in [0.05, 0.1) is 18.6 Å². The van der Waals surface area contributed by atoms with E-state index in [4.69, 9.17) is 22.1 Å². The number of nitrogens with zero attached hydrogens (tertiary/aromatic N) is 1. The number of hydrogen-bond donors (Lipinski definition) is 1. The minimum atomic E-state index is -0.552. The number of hydrogen-bond acceptors (Lipinski definition) is 4. The van der Waals surface area contributed by atoms with Gasteiger partial charge in [0.25, 0.3) is 0 Å². The van der Waals surface area contributed by atoms with Crippen LogP contribution in [0.3, 0.4) is 0 Å². The lowest BCUT2D eigenvalue weighted by Crippen LogP contribution is -2.39. The van der Waals surface area contributed by atoms with E-state index in [9.17, 15) is 9.59 Å². The van der Waals surface area contributed by atoms with Crippen LogP contribution in [0.2, 0.25) is 5.02 Å². The summed E-state index contributed by atoms with van der Waals surface area (Å²) in [6.45, 7) is 8.50. The van der Waals surface area contributed by atoms with Crippen molar-refractivity contribution >= 4 is 29.2 Å². The first-order valence-corrected chi connectivity index (χ1v) is 11.1. The van der Waals surface area contributed by atoms with E-state index in [0.717, 1.165) is 29.9 Å². The molecule has 0 saturated carbocycles. The van der Waals surface area contributed by atoms with Crippen LogP contribution < -0.4 is 10.6 Å². The third kappa shape index (κ3) is 5.21. The predicted molar refractivity (Wildman–Crippen MR) is 125 cm³/mol. The molecule has 4 atom stereocenters. The summed E-state index contributed by atoms with van der Waals surface area (Å²) in [6, 6.07) is 12.8. The topological polar surface area (TPSA) is 72.6 Å². The summed E-state index contributed by atoms with van der Waals surface area (Å²) in [6.07, 6.45) is 1.21. The third-order valence-corrected chi connectivity index (χ3v) is 6.42. The maximum Gasteiger partial charge on any atom is 0.337 e. The number of benzene rings is 2. The Labute approximate surface area is 189 Å². The van der Waals surface area contributed by atoms with Crippen molar-refractivity contribution in [3.05, 3.63) is 64.2 Å². The highest BCUT2D eigenvalue weighted by Crippen LogP contribution is 2.40. The summed E-state index contributed by atoms with van der Waals surface area (Å²) in [5, 5.41) is 0.632. The summed E-state index contributed by atoms with van der Waals surface area (Å²) in [5.41, 5.74) is 9.17. The Kier molecular flexibility index (Phi) is 7.26. The fourth-order valence-corrected chi connectivity index (χ4v) is 5.04. The standard InChI is InChI=1S/C25H31ClN2O3/c1-15-11-16(2)14-28(13-15)22-10-9-20(26)12-21(22)17(3)23(24(27)29)18-5-7-19(8-6-18)25(30)31-4/h5-10,12,15-17,23H,11,13-14H2,1-4H3,(H2,27,29)/t15-,16+,17?,23?. The van der Waals surface area contributed by atoms with Gasteiger partial charge in [0.2, 0.25) is 5.91 Å². The van der Waals surface area contributed by atoms with Crippen molar-refractivity contribution in [2.24, 2.45) is 17.6 Å². The summed E-state index contributed by atoms with van der Waals surface area (Å²) < 4.78 is 4.76. The molecule has 31 heavy (non-hydrogen) atoms. The van der Waals surface area contributed by atoms with Crippen molar-refractivity contribution in [3.63, 3.8) is 0 Å². The van der Waals surface area contributed by atoms with Gasteiger partial charge in [0.1, 0.15) is 0 Å². The number of carbonyl (C=O) groups excluding carboxylic acids is 2. The largest absolute Gasteiger partial charge is 0.465 e. The summed E-state index contributed by atoms with van der Waals surface area (Å²) in [7, 11) is 1.34. The van der Waals surface area contributed by atoms with Crippen LogP contribution in [0.5, 0.6) is 0 Å². The van der Waals surface area contributed by atoms with Crippen LogP contribution in [0.1, 0.15) is 60.5 Å². The van der Waals surface area contributed by atoms with Crippen molar-refractivity contribution < 1.29 is 14.3 Å². The van der Waals surface area contributed by atoms with E-state index in [1.54, 1.807) is 24.3 Å². The zero-order valence-corrected chi connectivity index (χ0v) is 19.4. The second-order valence-electron chi connectivity index (χ2n) is 8.84. The van der Waals surface area contributed by atoms with E-state index in [2.05, 4.69) is 24.8 Å². The Bertz CT molecular complexity index is 934. The van der Waals surface area contributed by atoms with Crippen molar-refractivity contribution in [3.8, 4) is 0 Å². The van der Waals surface area contributed by atoms with E-state index in [1.807, 2.05) is 19.1 Å². The highest BCUT2D eigenvalue weighted by atomic mass is 35.5. The predicted octanol–water partition coefficient (Wildman–Crippen LogP) is 4.98. The molecular formula is C25H31ClN2O3. The van der Waals surface area contributed by atoms with E-state index >= 15 is 0 Å². The van der Waals surface area contributed by atoms with Gasteiger partial charge in [-0.1, -0.05) is 44.5 Å². The molecule has 0 aromatic heterocycles. The van der Waals surface area contributed by atoms with Gasteiger partial charge < -0.3 is 15.4 Å². The van der Waals surface area contributed by atoms with Gasteiger partial charge in [-0.2, -0.15) is 0 Å². The van der Waals surface area contributed by atoms with Gasteiger partial charge in [-0.3, -0.25) is 4.79 Å². The van der Waals surface area contributed by atoms with Crippen LogP contribution in [-0.2, 0) is 9.53 Å². The van der Waals surface area contributed by atoms with E-state index in [-0.39, 0.29) is 5.92 Å². The molecule has 0 radical (unpaired) electrons. The molecule has 0 spiro atoms. The Morgan fingerprint density at radius 2 is 1.71 bits per heavy atom. The smallest absolute Gasteiger partial charge is 0.337 e. The number of ether oxygens (including phenoxy) is 1. The van der Waals surface area contributed by atoms with E-state index < -0.39 is 17.8 Å². The number of carbonyl (C=O) groups is 2. The number of rotatable bonds is 6. The average Bonchev–Trinajstić information content (AvgIpc) is 2.72. The van der Waals surface area contributed by atoms with Gasteiger partial charge in [-0.05, 0) is 65.6 Å². The second kappa shape index (κ2) is 9.73. The van der Waals surface area contributed by atoms with Crippen LogP contribution in [0.15, 0.2) is 42.5 Å². The van der Waals surface area contributed by atoms with Gasteiger partial charge in [-0.25, -0.2) is 4.79 Å². The van der Waals surface area contributed by atoms with Crippen molar-refractivity contribution in [2.75, 3.05) is 25.1 Å². The quantitative estimate of drug-likeness (QED) is 0.640. The molecule has 1 aliphatic heterocycles. The van der Waals surface area contributed by atoms with Gasteiger partial charge in [0.15, 0.2) is 0 Å². The van der Waals surface area contributed by atoms with E-state index in [1.165, 1.54) is 13.5 Å². The van der Waals surface area contributed by atoms with Crippen LogP contribution in [0.25, 0.3) is 0 Å². The molecule has 3 rings (SSSR count). The lowest BCUT2D eigenvalue weighted by atomic mass is 9.80. The maximum absolute atomic E-state index is 12.6. The van der Waals surface area contributed by atoms with Crippen LogP contribution in [0, 0.1) is 11.8 Å². The van der Waals surface area contributed by atoms with Crippen LogP contribution >= 0.6 is 11.6 Å². The molecule has 1 saturated heterocycles. The minimum Gasteiger partial charge on any atom is -0.465 e. The lowest BCUT2D eigenvalue weighted by molar-refractivity contribution is -0.119. The van der Waals surface area contributed by atoms with Gasteiger partial charge in [0, 0.05) is 23.8 Å². The first-order chi connectivity index (χ1) is 14.7. The summed E-state index contributed by atoms with van der Waals surface area (Å²) >= 11 is 6.37. The fourth-order valence-electron chi connectivity index (χ4n) is 4.86. The first kappa shape index (κ1) is 23.1. The molecule has 0 bridgehead atoms. The summed E-state index contributed by atoms with van der Waals surface area (Å²) in [4.78, 5) is 26.7. The Hall–Kier alpha value is -2.53. The monoisotopic (exact) mass is 442 g/mol. The normalized spacial score (nSPS) is 20.7. The molecule has 2 N–H and O–H groups in total. The minimum absolute atomic E-state index is 0.192. The van der Waals surface area contributed by atoms with Gasteiger partial charge >= 0.3 is 5.97 Å². The van der Waals surface area contributed by atoms with Gasteiger partial charge in [-0.15, -0.1) is 0 Å².